The van der Waals surface area contributed by atoms with Crippen LogP contribution in [0.15, 0.2) is 24.3 Å². The quantitative estimate of drug-likeness (QED) is 0.284. The SMILES string of the molecule is CC(=O)OC[C@H]1OC(OC(C)=O)[C@H](NC(=O)c2cccc(I)c2)[C@@H](OC(C)=O)[C@@H]1OC(C)=O. The van der Waals surface area contributed by atoms with Gasteiger partial charge in [-0.25, -0.2) is 0 Å². The van der Waals surface area contributed by atoms with Gasteiger partial charge in [0.25, 0.3) is 5.91 Å². The van der Waals surface area contributed by atoms with Gasteiger partial charge in [0, 0.05) is 36.8 Å². The molecule has 0 aromatic heterocycles. The van der Waals surface area contributed by atoms with Crippen LogP contribution in [-0.4, -0.2) is 67.0 Å². The topological polar surface area (TPSA) is 144 Å². The molecule has 1 saturated heterocycles. The van der Waals surface area contributed by atoms with E-state index < -0.39 is 60.4 Å². The van der Waals surface area contributed by atoms with E-state index in [0.717, 1.165) is 24.3 Å². The maximum atomic E-state index is 12.9. The third-order valence-electron chi connectivity index (χ3n) is 4.37. The molecule has 1 aliphatic heterocycles. The van der Waals surface area contributed by atoms with Gasteiger partial charge in [-0.1, -0.05) is 6.07 Å². The molecule has 0 saturated carbocycles. The lowest BCUT2D eigenvalue weighted by Gasteiger charge is -2.44. The summed E-state index contributed by atoms with van der Waals surface area (Å²) in [7, 11) is 0. The highest BCUT2D eigenvalue weighted by Crippen LogP contribution is 2.28. The molecule has 1 amide bonds. The van der Waals surface area contributed by atoms with Crippen LogP contribution in [0.3, 0.4) is 0 Å². The van der Waals surface area contributed by atoms with Crippen molar-refractivity contribution in [2.45, 2.75) is 58.3 Å². The van der Waals surface area contributed by atoms with Gasteiger partial charge >= 0.3 is 23.9 Å². The molecular weight excluding hydrogens is 553 g/mol. The molecule has 180 valence electrons. The van der Waals surface area contributed by atoms with E-state index in [-0.39, 0.29) is 12.2 Å². The predicted molar refractivity (Wildman–Crippen MR) is 119 cm³/mol. The Labute approximate surface area is 203 Å². The average molecular weight is 577 g/mol. The Bertz CT molecular complexity index is 920. The molecule has 12 heteroatoms. The van der Waals surface area contributed by atoms with Crippen LogP contribution in [-0.2, 0) is 42.9 Å². The molecule has 1 aliphatic rings. The second-order valence-electron chi connectivity index (χ2n) is 7.11. The molecule has 1 N–H and O–H groups in total. The van der Waals surface area contributed by atoms with E-state index in [1.807, 2.05) is 22.6 Å². The third-order valence-corrected chi connectivity index (χ3v) is 5.04. The molecule has 11 nitrogen and oxygen atoms in total. The van der Waals surface area contributed by atoms with Gasteiger partial charge < -0.3 is 29.0 Å². The van der Waals surface area contributed by atoms with Crippen molar-refractivity contribution in [3.8, 4) is 0 Å². The van der Waals surface area contributed by atoms with Crippen LogP contribution in [0.5, 0.6) is 0 Å². The van der Waals surface area contributed by atoms with E-state index in [0.29, 0.717) is 0 Å². The van der Waals surface area contributed by atoms with Crippen molar-refractivity contribution < 1.29 is 47.7 Å². The Morgan fingerprint density at radius 3 is 2.06 bits per heavy atom. The van der Waals surface area contributed by atoms with E-state index >= 15 is 0 Å². The molecule has 33 heavy (non-hydrogen) atoms. The maximum absolute atomic E-state index is 12.9. The van der Waals surface area contributed by atoms with Gasteiger partial charge in [0.05, 0.1) is 0 Å². The zero-order chi connectivity index (χ0) is 24.7. The van der Waals surface area contributed by atoms with Gasteiger partial charge in [0.1, 0.15) is 18.8 Å². The number of ether oxygens (including phenoxy) is 5. The van der Waals surface area contributed by atoms with Crippen LogP contribution in [0, 0.1) is 3.57 Å². The molecule has 5 atom stereocenters. The number of hydrogen-bond acceptors (Lipinski definition) is 10. The van der Waals surface area contributed by atoms with Crippen LogP contribution in [0.25, 0.3) is 0 Å². The summed E-state index contributed by atoms with van der Waals surface area (Å²) < 4.78 is 27.4. The second kappa shape index (κ2) is 11.9. The number of benzene rings is 1. The number of carbonyl (C=O) groups is 5. The first-order valence-corrected chi connectivity index (χ1v) is 10.9. The number of amides is 1. The maximum Gasteiger partial charge on any atom is 0.305 e. The summed E-state index contributed by atoms with van der Waals surface area (Å²) in [5.74, 6) is -3.44. The minimum atomic E-state index is -1.44. The van der Waals surface area contributed by atoms with E-state index in [4.69, 9.17) is 23.7 Å². The zero-order valence-electron chi connectivity index (χ0n) is 18.4. The molecule has 0 spiro atoms. The predicted octanol–water partition coefficient (Wildman–Crippen LogP) is 1.10. The van der Waals surface area contributed by atoms with Gasteiger partial charge in [-0.2, -0.15) is 0 Å². The molecule has 0 radical (unpaired) electrons. The molecule has 1 fully saturated rings. The van der Waals surface area contributed by atoms with Gasteiger partial charge in [-0.3, -0.25) is 24.0 Å². The lowest BCUT2D eigenvalue weighted by Crippen LogP contribution is -2.67. The highest BCUT2D eigenvalue weighted by molar-refractivity contribution is 14.1. The lowest BCUT2D eigenvalue weighted by molar-refractivity contribution is -0.270. The van der Waals surface area contributed by atoms with Gasteiger partial charge in [-0.05, 0) is 40.8 Å². The molecule has 1 aromatic rings. The Balaban J connectivity index is 2.45. The Morgan fingerprint density at radius 1 is 0.909 bits per heavy atom. The second-order valence-corrected chi connectivity index (χ2v) is 8.36. The largest absolute Gasteiger partial charge is 0.463 e. The first kappa shape index (κ1) is 26.5. The Hall–Kier alpha value is -2.74. The number of carbonyl (C=O) groups excluding carboxylic acids is 5. The number of esters is 4. The highest BCUT2D eigenvalue weighted by Gasteiger charge is 2.52. The van der Waals surface area contributed by atoms with E-state index in [2.05, 4.69) is 5.32 Å². The molecule has 0 aliphatic carbocycles. The van der Waals surface area contributed by atoms with Crippen molar-refractivity contribution in [2.75, 3.05) is 6.61 Å². The average Bonchev–Trinajstić information content (AvgIpc) is 2.69. The summed E-state index contributed by atoms with van der Waals surface area (Å²) in [4.78, 5) is 59.6. The van der Waals surface area contributed by atoms with Crippen LogP contribution >= 0.6 is 22.6 Å². The molecular formula is C21H24INO10. The lowest BCUT2D eigenvalue weighted by atomic mass is 9.95. The van der Waals surface area contributed by atoms with Crippen LogP contribution in [0.1, 0.15) is 38.1 Å². The highest BCUT2D eigenvalue weighted by atomic mass is 127. The fourth-order valence-electron chi connectivity index (χ4n) is 3.18. The fourth-order valence-corrected chi connectivity index (χ4v) is 3.73. The van der Waals surface area contributed by atoms with E-state index in [9.17, 15) is 24.0 Å². The molecule has 1 heterocycles. The van der Waals surface area contributed by atoms with Crippen molar-refractivity contribution >= 4 is 52.4 Å². The van der Waals surface area contributed by atoms with Crippen LogP contribution < -0.4 is 5.32 Å². The molecule has 0 bridgehead atoms. The van der Waals surface area contributed by atoms with Crippen molar-refractivity contribution in [2.24, 2.45) is 0 Å². The van der Waals surface area contributed by atoms with Gasteiger partial charge in [0.15, 0.2) is 12.2 Å². The zero-order valence-corrected chi connectivity index (χ0v) is 20.5. The minimum absolute atomic E-state index is 0.288. The summed E-state index contributed by atoms with van der Waals surface area (Å²) in [5.41, 5.74) is 0.288. The standard InChI is InChI=1S/C21H24INO10/c1-10(24)29-9-16-18(30-11(2)25)19(31-12(3)26)17(21(33-16)32-13(4)27)23-20(28)14-6-5-7-15(22)8-14/h5-8,16-19,21H,9H2,1-4H3,(H,23,28)/t16-,17-,18-,19-,21?/m1/s1. The monoisotopic (exact) mass is 577 g/mol. The van der Waals surface area contributed by atoms with Crippen molar-refractivity contribution in [1.29, 1.82) is 0 Å². The van der Waals surface area contributed by atoms with Gasteiger partial charge in [0.2, 0.25) is 6.29 Å². The van der Waals surface area contributed by atoms with Crippen LogP contribution in [0.2, 0.25) is 0 Å². The first-order chi connectivity index (χ1) is 15.5. The van der Waals surface area contributed by atoms with Crippen LogP contribution in [0.4, 0.5) is 0 Å². The van der Waals surface area contributed by atoms with Gasteiger partial charge in [-0.15, -0.1) is 0 Å². The summed E-state index contributed by atoms with van der Waals surface area (Å²) >= 11 is 2.04. The summed E-state index contributed by atoms with van der Waals surface area (Å²) in [6, 6.07) is 5.41. The van der Waals surface area contributed by atoms with E-state index in [1.165, 1.54) is 6.92 Å². The summed E-state index contributed by atoms with van der Waals surface area (Å²) in [5, 5.41) is 2.64. The van der Waals surface area contributed by atoms with Crippen molar-refractivity contribution in [3.05, 3.63) is 33.4 Å². The number of nitrogens with one attached hydrogen (secondary N) is 1. The fraction of sp³-hybridized carbons (Fsp3) is 0.476. The Kier molecular flexibility index (Phi) is 9.58. The summed E-state index contributed by atoms with van der Waals surface area (Å²) in [6.45, 7) is 4.16. The number of hydrogen-bond donors (Lipinski definition) is 1. The Morgan fingerprint density at radius 2 is 1.52 bits per heavy atom. The normalized spacial score (nSPS) is 24.2. The molecule has 2 rings (SSSR count). The number of rotatable bonds is 7. The van der Waals surface area contributed by atoms with E-state index in [1.54, 1.807) is 24.3 Å². The minimum Gasteiger partial charge on any atom is -0.463 e. The van der Waals surface area contributed by atoms with Crippen molar-refractivity contribution in [1.82, 2.24) is 5.32 Å². The summed E-state index contributed by atoms with van der Waals surface area (Å²) in [6.07, 6.45) is -5.20. The molecule has 1 unspecified atom stereocenters. The number of halogens is 1. The first-order valence-electron chi connectivity index (χ1n) is 9.84. The molecule has 1 aromatic carbocycles. The smallest absolute Gasteiger partial charge is 0.305 e. The van der Waals surface area contributed by atoms with Crippen molar-refractivity contribution in [3.63, 3.8) is 0 Å². The third kappa shape index (κ3) is 7.96.